The van der Waals surface area contributed by atoms with Gasteiger partial charge in [-0.2, -0.15) is 0 Å². The Balaban J connectivity index is 1.28. The molecule has 1 aromatic heterocycles. The second-order valence-corrected chi connectivity index (χ2v) is 9.97. The van der Waals surface area contributed by atoms with Crippen LogP contribution in [-0.4, -0.2) is 41.3 Å². The van der Waals surface area contributed by atoms with Gasteiger partial charge in [0.25, 0.3) is 5.91 Å². The highest BCUT2D eigenvalue weighted by Gasteiger charge is 2.32. The molecule has 1 fully saturated rings. The van der Waals surface area contributed by atoms with Gasteiger partial charge in [0.15, 0.2) is 5.13 Å². The van der Waals surface area contributed by atoms with Crippen molar-refractivity contribution < 1.29 is 9.59 Å². The number of amides is 2. The number of fused-ring (bicyclic) bond motifs is 2. The fourth-order valence-corrected chi connectivity index (χ4v) is 6.14. The number of benzene rings is 2. The molecule has 0 saturated carbocycles. The lowest BCUT2D eigenvalue weighted by Crippen LogP contribution is -2.44. The van der Waals surface area contributed by atoms with E-state index in [1.165, 1.54) is 23.4 Å². The molecule has 2 aliphatic rings. The minimum atomic E-state index is -0.0950. The summed E-state index contributed by atoms with van der Waals surface area (Å²) in [5.74, 6) is 0.0638. The van der Waals surface area contributed by atoms with Gasteiger partial charge in [0.1, 0.15) is 0 Å². The zero-order valence-electron chi connectivity index (χ0n) is 18.8. The molecule has 1 aliphatic heterocycles. The molecule has 0 N–H and O–H groups in total. The van der Waals surface area contributed by atoms with Crippen molar-refractivity contribution in [2.24, 2.45) is 5.92 Å². The van der Waals surface area contributed by atoms with E-state index >= 15 is 0 Å². The Hall–Kier alpha value is -2.99. The van der Waals surface area contributed by atoms with Crippen molar-refractivity contribution >= 4 is 39.1 Å². The molecule has 3 aromatic rings. The van der Waals surface area contributed by atoms with Crippen molar-refractivity contribution in [2.45, 2.75) is 38.5 Å². The van der Waals surface area contributed by atoms with E-state index in [0.717, 1.165) is 34.3 Å². The minimum absolute atomic E-state index is 0.0493. The monoisotopic (exact) mass is 459 g/mol. The highest BCUT2D eigenvalue weighted by Crippen LogP contribution is 2.33. The van der Waals surface area contributed by atoms with Gasteiger partial charge in [0.2, 0.25) is 5.91 Å². The number of nitrogens with zero attached hydrogens (tertiary/aromatic N) is 3. The molecule has 6 heteroatoms. The molecule has 0 atom stereocenters. The summed E-state index contributed by atoms with van der Waals surface area (Å²) in [6, 6.07) is 13.9. The Bertz CT molecular complexity index is 1160. The number of hydrogen-bond acceptors (Lipinski definition) is 4. The quantitative estimate of drug-likeness (QED) is 0.490. The number of carbonyl (C=O) groups excluding carboxylic acids is 2. The van der Waals surface area contributed by atoms with E-state index in [2.05, 4.69) is 6.58 Å². The van der Waals surface area contributed by atoms with Crippen LogP contribution in [0.15, 0.2) is 55.1 Å². The van der Waals surface area contributed by atoms with Gasteiger partial charge in [-0.15, -0.1) is 17.9 Å². The zero-order chi connectivity index (χ0) is 22.8. The predicted molar refractivity (Wildman–Crippen MR) is 134 cm³/mol. The standard InChI is InChI=1S/C27H29N3O2S/c1-2-16-30(27-28-23-12-5-6-13-24(23)33-27)25(31)20-14-17-29(18-15-20)26(32)22-11-7-9-19-8-3-4-10-21(19)22/h2-4,7-11,20H,1,5-6,12-18H2. The van der Waals surface area contributed by atoms with Crippen molar-refractivity contribution in [3.8, 4) is 0 Å². The first-order valence-electron chi connectivity index (χ1n) is 11.8. The molecule has 0 radical (unpaired) electrons. The largest absolute Gasteiger partial charge is 0.339 e. The van der Waals surface area contributed by atoms with Gasteiger partial charge < -0.3 is 4.90 Å². The zero-order valence-corrected chi connectivity index (χ0v) is 19.7. The molecule has 0 unspecified atom stereocenters. The van der Waals surface area contributed by atoms with E-state index in [4.69, 9.17) is 4.98 Å². The molecular weight excluding hydrogens is 430 g/mol. The van der Waals surface area contributed by atoms with E-state index < -0.39 is 0 Å². The molecule has 170 valence electrons. The van der Waals surface area contributed by atoms with Crippen LogP contribution in [0.3, 0.4) is 0 Å². The molecule has 33 heavy (non-hydrogen) atoms. The number of anilines is 1. The number of aromatic nitrogens is 1. The Labute approximate surface area is 198 Å². The van der Waals surface area contributed by atoms with Crippen LogP contribution in [0.4, 0.5) is 5.13 Å². The Morgan fingerprint density at radius 3 is 2.64 bits per heavy atom. The number of hydrogen-bond donors (Lipinski definition) is 0. The van der Waals surface area contributed by atoms with Crippen molar-refractivity contribution in [3.63, 3.8) is 0 Å². The van der Waals surface area contributed by atoms with Crippen LogP contribution in [0, 0.1) is 5.92 Å². The summed E-state index contributed by atoms with van der Waals surface area (Å²) in [4.78, 5) is 36.6. The van der Waals surface area contributed by atoms with Gasteiger partial charge in [-0.05, 0) is 55.4 Å². The van der Waals surface area contributed by atoms with Gasteiger partial charge in [-0.3, -0.25) is 14.5 Å². The maximum Gasteiger partial charge on any atom is 0.254 e. The van der Waals surface area contributed by atoms with Crippen molar-refractivity contribution in [2.75, 3.05) is 24.5 Å². The highest BCUT2D eigenvalue weighted by atomic mass is 32.1. The summed E-state index contributed by atoms with van der Waals surface area (Å²) in [7, 11) is 0. The van der Waals surface area contributed by atoms with Crippen LogP contribution in [0.2, 0.25) is 0 Å². The van der Waals surface area contributed by atoms with E-state index in [1.54, 1.807) is 17.4 Å². The molecule has 1 aliphatic carbocycles. The lowest BCUT2D eigenvalue weighted by atomic mass is 9.94. The fraction of sp³-hybridized carbons (Fsp3) is 0.370. The van der Waals surface area contributed by atoms with Gasteiger partial charge in [-0.25, -0.2) is 4.98 Å². The predicted octanol–water partition coefficient (Wildman–Crippen LogP) is 5.25. The van der Waals surface area contributed by atoms with E-state index in [0.29, 0.717) is 32.5 Å². The number of piperidine rings is 1. The van der Waals surface area contributed by atoms with E-state index in [1.807, 2.05) is 52.3 Å². The third-order valence-electron chi connectivity index (χ3n) is 6.79. The number of carbonyl (C=O) groups is 2. The molecule has 2 heterocycles. The molecule has 5 nitrogen and oxygen atoms in total. The van der Waals surface area contributed by atoms with Crippen LogP contribution in [0.5, 0.6) is 0 Å². The number of aryl methyl sites for hydroxylation is 2. The SMILES string of the molecule is C=CCN(C(=O)C1CCN(C(=O)c2cccc3ccccc23)CC1)c1nc2c(s1)CCCC2. The topological polar surface area (TPSA) is 53.5 Å². The third kappa shape index (κ3) is 4.32. The summed E-state index contributed by atoms with van der Waals surface area (Å²) in [6.45, 7) is 5.52. The van der Waals surface area contributed by atoms with Crippen LogP contribution < -0.4 is 4.90 Å². The van der Waals surface area contributed by atoms with Gasteiger partial charge >= 0.3 is 0 Å². The second-order valence-electron chi connectivity index (χ2n) is 8.90. The van der Waals surface area contributed by atoms with Crippen LogP contribution in [0.25, 0.3) is 10.8 Å². The summed E-state index contributed by atoms with van der Waals surface area (Å²) < 4.78 is 0. The molecular formula is C27H29N3O2S. The Kier molecular flexibility index (Phi) is 6.27. The lowest BCUT2D eigenvalue weighted by Gasteiger charge is -2.33. The van der Waals surface area contributed by atoms with Gasteiger partial charge in [0, 0.05) is 36.0 Å². The minimum Gasteiger partial charge on any atom is -0.339 e. The molecule has 0 bridgehead atoms. The van der Waals surface area contributed by atoms with Crippen molar-refractivity contribution in [1.29, 1.82) is 0 Å². The van der Waals surface area contributed by atoms with Crippen molar-refractivity contribution in [1.82, 2.24) is 9.88 Å². The smallest absolute Gasteiger partial charge is 0.254 e. The molecule has 2 aromatic carbocycles. The van der Waals surface area contributed by atoms with Gasteiger partial charge in [-0.1, -0.05) is 42.5 Å². The van der Waals surface area contributed by atoms with Crippen molar-refractivity contribution in [3.05, 3.63) is 71.3 Å². The maximum atomic E-state index is 13.5. The Morgan fingerprint density at radius 1 is 1.09 bits per heavy atom. The number of rotatable bonds is 5. The van der Waals surface area contributed by atoms with E-state index in [-0.39, 0.29) is 17.7 Å². The molecule has 2 amide bonds. The highest BCUT2D eigenvalue weighted by molar-refractivity contribution is 7.16. The summed E-state index contributed by atoms with van der Waals surface area (Å²) in [5.41, 5.74) is 1.90. The summed E-state index contributed by atoms with van der Waals surface area (Å²) in [5, 5.41) is 2.86. The van der Waals surface area contributed by atoms with Crippen LogP contribution in [-0.2, 0) is 17.6 Å². The molecule has 1 saturated heterocycles. The average Bonchev–Trinajstić information content (AvgIpc) is 3.30. The van der Waals surface area contributed by atoms with Gasteiger partial charge in [0.05, 0.1) is 5.69 Å². The van der Waals surface area contributed by atoms with Crippen LogP contribution >= 0.6 is 11.3 Å². The maximum absolute atomic E-state index is 13.5. The first kappa shape index (κ1) is 21.8. The fourth-order valence-electron chi connectivity index (χ4n) is 4.98. The van der Waals surface area contributed by atoms with Crippen LogP contribution in [0.1, 0.15) is 46.6 Å². The third-order valence-corrected chi connectivity index (χ3v) is 7.97. The molecule has 5 rings (SSSR count). The van der Waals surface area contributed by atoms with E-state index in [9.17, 15) is 9.59 Å². The number of likely N-dealkylation sites (tertiary alicyclic amines) is 1. The summed E-state index contributed by atoms with van der Waals surface area (Å²) in [6.07, 6.45) is 7.58. The Morgan fingerprint density at radius 2 is 1.85 bits per heavy atom. The normalized spacial score (nSPS) is 16.4. The first-order valence-corrected chi connectivity index (χ1v) is 12.6. The average molecular weight is 460 g/mol. The first-order chi connectivity index (χ1) is 16.2. The summed E-state index contributed by atoms with van der Waals surface area (Å²) >= 11 is 1.66. The molecule has 0 spiro atoms. The number of thiazole rings is 1. The second kappa shape index (κ2) is 9.48. The lowest BCUT2D eigenvalue weighted by molar-refractivity contribution is -0.123.